The number of hydrogen-bond acceptors (Lipinski definition) is 5. The van der Waals surface area contributed by atoms with Gasteiger partial charge in [0.2, 0.25) is 5.91 Å². The molecule has 0 saturated carbocycles. The van der Waals surface area contributed by atoms with Gasteiger partial charge in [-0.15, -0.1) is 0 Å². The second-order valence-electron chi connectivity index (χ2n) is 6.09. The number of aromatic nitrogens is 3. The van der Waals surface area contributed by atoms with Crippen LogP contribution in [-0.4, -0.2) is 51.4 Å². The largest absolute Gasteiger partial charge is 0.374 e. The van der Waals surface area contributed by atoms with E-state index in [0.717, 1.165) is 17.2 Å². The third-order valence-electron chi connectivity index (χ3n) is 4.26. The molecule has 2 atom stereocenters. The number of amides is 1. The first-order valence-electron chi connectivity index (χ1n) is 8.12. The van der Waals surface area contributed by atoms with Crippen LogP contribution >= 0.6 is 0 Å². The molecule has 3 rings (SSSR count). The van der Waals surface area contributed by atoms with Crippen LogP contribution in [0.3, 0.4) is 0 Å². The predicted molar refractivity (Wildman–Crippen MR) is 89.2 cm³/mol. The zero-order valence-corrected chi connectivity index (χ0v) is 14.1. The third-order valence-corrected chi connectivity index (χ3v) is 4.26. The highest BCUT2D eigenvalue weighted by molar-refractivity contribution is 5.81. The Kier molecular flexibility index (Phi) is 4.92. The van der Waals surface area contributed by atoms with Gasteiger partial charge in [0.05, 0.1) is 19.3 Å². The van der Waals surface area contributed by atoms with Gasteiger partial charge in [0.25, 0.3) is 0 Å². The summed E-state index contributed by atoms with van der Waals surface area (Å²) in [4.78, 5) is 18.4. The van der Waals surface area contributed by atoms with Gasteiger partial charge in [0.15, 0.2) is 0 Å². The van der Waals surface area contributed by atoms with Crippen molar-refractivity contribution in [1.29, 1.82) is 0 Å². The van der Waals surface area contributed by atoms with Crippen molar-refractivity contribution in [3.63, 3.8) is 0 Å². The van der Waals surface area contributed by atoms with E-state index in [2.05, 4.69) is 15.0 Å². The average molecular weight is 329 g/mol. The minimum absolute atomic E-state index is 0.0517. The summed E-state index contributed by atoms with van der Waals surface area (Å²) < 4.78 is 7.71. The molecule has 1 aliphatic heterocycles. The van der Waals surface area contributed by atoms with E-state index in [-0.39, 0.29) is 12.0 Å². The van der Waals surface area contributed by atoms with E-state index in [9.17, 15) is 4.79 Å². The monoisotopic (exact) mass is 329 g/mol. The quantitative estimate of drug-likeness (QED) is 0.878. The van der Waals surface area contributed by atoms with Crippen LogP contribution in [0.5, 0.6) is 0 Å². The number of benzene rings is 1. The summed E-state index contributed by atoms with van der Waals surface area (Å²) in [5.74, 6) is 1.27. The number of morpholine rings is 1. The molecule has 24 heavy (non-hydrogen) atoms. The molecule has 1 aromatic carbocycles. The summed E-state index contributed by atoms with van der Waals surface area (Å²) in [5, 5.41) is 4.38. The molecule has 0 bridgehead atoms. The van der Waals surface area contributed by atoms with E-state index < -0.39 is 6.04 Å². The van der Waals surface area contributed by atoms with Crippen molar-refractivity contribution in [2.45, 2.75) is 32.5 Å². The Morgan fingerprint density at radius 1 is 1.38 bits per heavy atom. The number of carbonyl (C=O) groups is 1. The van der Waals surface area contributed by atoms with Crippen LogP contribution in [0.25, 0.3) is 0 Å². The maximum atomic E-state index is 12.0. The number of ether oxygens (including phenoxy) is 1. The lowest BCUT2D eigenvalue weighted by Gasteiger charge is -2.37. The Labute approximate surface area is 141 Å². The van der Waals surface area contributed by atoms with Crippen LogP contribution in [0.2, 0.25) is 0 Å². The summed E-state index contributed by atoms with van der Waals surface area (Å²) in [5.41, 5.74) is 6.59. The number of nitrogens with two attached hydrogens (primary N) is 1. The maximum Gasteiger partial charge on any atom is 0.239 e. The number of primary amides is 1. The van der Waals surface area contributed by atoms with Crippen LogP contribution in [0.4, 0.5) is 0 Å². The van der Waals surface area contributed by atoms with Gasteiger partial charge in [-0.3, -0.25) is 9.69 Å². The summed E-state index contributed by atoms with van der Waals surface area (Å²) in [6, 6.07) is 9.21. The number of rotatable bonds is 5. The minimum atomic E-state index is -0.434. The molecule has 0 radical (unpaired) electrons. The first kappa shape index (κ1) is 16.6. The Morgan fingerprint density at radius 2 is 2.12 bits per heavy atom. The van der Waals surface area contributed by atoms with E-state index in [1.807, 2.05) is 48.9 Å². The molecule has 128 valence electrons. The van der Waals surface area contributed by atoms with E-state index >= 15 is 0 Å². The number of carbonyl (C=O) groups excluding carboxylic acids is 1. The fourth-order valence-corrected chi connectivity index (χ4v) is 3.20. The van der Waals surface area contributed by atoms with Crippen molar-refractivity contribution < 1.29 is 9.53 Å². The molecule has 1 aliphatic rings. The molecule has 7 nitrogen and oxygen atoms in total. The van der Waals surface area contributed by atoms with E-state index in [4.69, 9.17) is 10.5 Å². The molecule has 7 heteroatoms. The highest BCUT2D eigenvalue weighted by Crippen LogP contribution is 2.23. The van der Waals surface area contributed by atoms with Gasteiger partial charge < -0.3 is 10.5 Å². The van der Waals surface area contributed by atoms with E-state index in [1.165, 1.54) is 0 Å². The normalized spacial score (nSPS) is 20.0. The molecule has 0 aliphatic carbocycles. The second kappa shape index (κ2) is 7.11. The fraction of sp³-hybridized carbons (Fsp3) is 0.471. The lowest BCUT2D eigenvalue weighted by Crippen LogP contribution is -2.49. The minimum Gasteiger partial charge on any atom is -0.374 e. The molecule has 1 saturated heterocycles. The number of nitrogens with zero attached hydrogens (tertiary/aromatic N) is 4. The molecule has 2 N–H and O–H groups in total. The Morgan fingerprint density at radius 3 is 2.75 bits per heavy atom. The Balaban J connectivity index is 1.74. The highest BCUT2D eigenvalue weighted by Gasteiger charge is 2.31. The second-order valence-corrected chi connectivity index (χ2v) is 6.09. The third kappa shape index (κ3) is 3.63. The summed E-state index contributed by atoms with van der Waals surface area (Å²) >= 11 is 0. The van der Waals surface area contributed by atoms with Crippen LogP contribution in [0.15, 0.2) is 30.3 Å². The molecule has 1 aromatic heterocycles. The van der Waals surface area contributed by atoms with Gasteiger partial charge in [0, 0.05) is 13.1 Å². The zero-order valence-electron chi connectivity index (χ0n) is 14.1. The molecule has 0 unspecified atom stereocenters. The lowest BCUT2D eigenvalue weighted by molar-refractivity contribution is -0.127. The van der Waals surface area contributed by atoms with Crippen LogP contribution in [0.1, 0.15) is 23.3 Å². The fourth-order valence-electron chi connectivity index (χ4n) is 3.20. The predicted octanol–water partition coefficient (Wildman–Crippen LogP) is 0.822. The Bertz CT molecular complexity index is 700. The standard InChI is InChI=1S/C17H23N5O2/c1-12-19-13(2)22(20-12)11-15-10-21(8-9-24-15)16(17(18)23)14-6-4-3-5-7-14/h3-7,15-16H,8-11H2,1-2H3,(H2,18,23)/t15-,16-/m1/s1. The molecule has 1 fully saturated rings. The van der Waals surface area contributed by atoms with Gasteiger partial charge >= 0.3 is 0 Å². The zero-order chi connectivity index (χ0) is 17.1. The van der Waals surface area contributed by atoms with Crippen LogP contribution < -0.4 is 5.73 Å². The van der Waals surface area contributed by atoms with Crippen LogP contribution in [-0.2, 0) is 16.1 Å². The van der Waals surface area contributed by atoms with Gasteiger partial charge in [-0.25, -0.2) is 9.67 Å². The summed E-state index contributed by atoms with van der Waals surface area (Å²) in [6.07, 6.45) is -0.0517. The van der Waals surface area contributed by atoms with Crippen molar-refractivity contribution in [2.24, 2.45) is 5.73 Å². The Hall–Kier alpha value is -2.25. The van der Waals surface area contributed by atoms with Gasteiger partial charge in [-0.05, 0) is 19.4 Å². The summed E-state index contributed by atoms with van der Waals surface area (Å²) in [7, 11) is 0. The lowest BCUT2D eigenvalue weighted by atomic mass is 10.0. The van der Waals surface area contributed by atoms with E-state index in [1.54, 1.807) is 0 Å². The van der Waals surface area contributed by atoms with Crippen molar-refractivity contribution in [3.05, 3.63) is 47.5 Å². The average Bonchev–Trinajstić information content (AvgIpc) is 2.86. The van der Waals surface area contributed by atoms with Crippen molar-refractivity contribution in [1.82, 2.24) is 19.7 Å². The van der Waals surface area contributed by atoms with Gasteiger partial charge in [0.1, 0.15) is 17.7 Å². The topological polar surface area (TPSA) is 86.3 Å². The SMILES string of the molecule is Cc1nc(C)n(C[C@H]2CN([C@@H](C(N)=O)c3ccccc3)CCO2)n1. The number of aryl methyl sites for hydroxylation is 2. The smallest absolute Gasteiger partial charge is 0.239 e. The van der Waals surface area contributed by atoms with Crippen LogP contribution in [0, 0.1) is 13.8 Å². The summed E-state index contributed by atoms with van der Waals surface area (Å²) in [6.45, 7) is 6.28. The molecule has 0 spiro atoms. The highest BCUT2D eigenvalue weighted by atomic mass is 16.5. The molecule has 2 aromatic rings. The molecular weight excluding hydrogens is 306 g/mol. The number of hydrogen-bond donors (Lipinski definition) is 1. The molecule has 1 amide bonds. The van der Waals surface area contributed by atoms with Gasteiger partial charge in [-0.1, -0.05) is 30.3 Å². The van der Waals surface area contributed by atoms with Crippen molar-refractivity contribution >= 4 is 5.91 Å². The molecule has 2 heterocycles. The van der Waals surface area contributed by atoms with E-state index in [0.29, 0.717) is 26.2 Å². The first-order chi connectivity index (χ1) is 11.5. The van der Waals surface area contributed by atoms with Crippen molar-refractivity contribution in [3.8, 4) is 0 Å². The van der Waals surface area contributed by atoms with Gasteiger partial charge in [-0.2, -0.15) is 5.10 Å². The maximum absolute atomic E-state index is 12.0. The van der Waals surface area contributed by atoms with Crippen molar-refractivity contribution in [2.75, 3.05) is 19.7 Å². The first-order valence-corrected chi connectivity index (χ1v) is 8.12. The molecular formula is C17H23N5O2.